The van der Waals surface area contributed by atoms with Crippen molar-refractivity contribution in [2.45, 2.75) is 34.1 Å². The molecule has 1 atom stereocenters. The third-order valence-electron chi connectivity index (χ3n) is 4.07. The van der Waals surface area contributed by atoms with Crippen molar-refractivity contribution in [3.8, 4) is 0 Å². The summed E-state index contributed by atoms with van der Waals surface area (Å²) >= 11 is 1.36. The van der Waals surface area contributed by atoms with Gasteiger partial charge in [-0.25, -0.2) is 4.79 Å². The van der Waals surface area contributed by atoms with Gasteiger partial charge in [-0.05, 0) is 33.3 Å². The number of hydrogen-bond acceptors (Lipinski definition) is 5. The molecule has 0 bridgehead atoms. The average Bonchev–Trinajstić information content (AvgIpc) is 3.00. The van der Waals surface area contributed by atoms with Crippen molar-refractivity contribution in [2.24, 2.45) is 5.92 Å². The second-order valence-corrected chi connectivity index (χ2v) is 6.76. The van der Waals surface area contributed by atoms with E-state index in [0.29, 0.717) is 23.7 Å². The first-order chi connectivity index (χ1) is 10.9. The summed E-state index contributed by atoms with van der Waals surface area (Å²) in [5.41, 5.74) is 1.24. The summed E-state index contributed by atoms with van der Waals surface area (Å²) in [5.74, 6) is -1.03. The lowest BCUT2D eigenvalue weighted by atomic mass is 10.1. The maximum Gasteiger partial charge on any atom is 0.341 e. The van der Waals surface area contributed by atoms with Crippen LogP contribution >= 0.6 is 11.3 Å². The molecule has 126 valence electrons. The number of anilines is 1. The van der Waals surface area contributed by atoms with Crippen LogP contribution in [0.2, 0.25) is 0 Å². The molecule has 0 aromatic carbocycles. The maximum absolute atomic E-state index is 12.4. The smallest absolute Gasteiger partial charge is 0.341 e. The molecule has 0 spiro atoms. The van der Waals surface area contributed by atoms with Crippen molar-refractivity contribution >= 4 is 34.1 Å². The number of carbonyl (C=O) groups excluding carboxylic acids is 3. The van der Waals surface area contributed by atoms with Crippen LogP contribution < -0.4 is 5.32 Å². The maximum atomic E-state index is 12.4. The first kappa shape index (κ1) is 17.5. The quantitative estimate of drug-likeness (QED) is 0.836. The molecular weight excluding hydrogens is 316 g/mol. The fourth-order valence-electron chi connectivity index (χ4n) is 2.63. The van der Waals surface area contributed by atoms with Crippen molar-refractivity contribution in [1.29, 1.82) is 0 Å². The molecule has 2 rings (SSSR count). The molecule has 1 fully saturated rings. The highest BCUT2D eigenvalue weighted by Gasteiger charge is 2.34. The number of nitrogens with zero attached hydrogens (tertiary/aromatic N) is 1. The molecule has 1 aliphatic rings. The van der Waals surface area contributed by atoms with Gasteiger partial charge in [0, 0.05) is 24.4 Å². The summed E-state index contributed by atoms with van der Waals surface area (Å²) in [5, 5.41) is 3.32. The minimum absolute atomic E-state index is 0.00296. The highest BCUT2D eigenvalue weighted by Crippen LogP contribution is 2.33. The van der Waals surface area contributed by atoms with Gasteiger partial charge in [0.1, 0.15) is 5.00 Å². The van der Waals surface area contributed by atoms with Crippen molar-refractivity contribution < 1.29 is 19.1 Å². The highest BCUT2D eigenvalue weighted by atomic mass is 32.1. The van der Waals surface area contributed by atoms with Crippen LogP contribution in [0.1, 0.15) is 41.1 Å². The molecule has 1 N–H and O–H groups in total. The fraction of sp³-hybridized carbons (Fsp3) is 0.562. The second-order valence-electron chi connectivity index (χ2n) is 5.53. The van der Waals surface area contributed by atoms with Crippen molar-refractivity contribution in [3.63, 3.8) is 0 Å². The molecular formula is C16H22N2O4S. The van der Waals surface area contributed by atoms with E-state index in [1.807, 2.05) is 20.8 Å². The lowest BCUT2D eigenvalue weighted by Gasteiger charge is -2.13. The molecule has 1 saturated heterocycles. The zero-order chi connectivity index (χ0) is 17.1. The van der Waals surface area contributed by atoms with Crippen molar-refractivity contribution in [2.75, 3.05) is 25.0 Å². The number of amides is 2. The molecule has 23 heavy (non-hydrogen) atoms. The number of thiophene rings is 1. The topological polar surface area (TPSA) is 75.7 Å². The van der Waals surface area contributed by atoms with E-state index >= 15 is 0 Å². The molecule has 0 saturated carbocycles. The van der Waals surface area contributed by atoms with Gasteiger partial charge < -0.3 is 15.0 Å². The van der Waals surface area contributed by atoms with E-state index in [1.54, 1.807) is 11.8 Å². The zero-order valence-corrected chi connectivity index (χ0v) is 14.7. The van der Waals surface area contributed by atoms with Gasteiger partial charge >= 0.3 is 5.97 Å². The molecule has 2 amide bonds. The van der Waals surface area contributed by atoms with E-state index in [0.717, 1.165) is 10.4 Å². The summed E-state index contributed by atoms with van der Waals surface area (Å²) in [6, 6.07) is 0. The molecule has 7 heteroatoms. The summed E-state index contributed by atoms with van der Waals surface area (Å²) < 4.78 is 5.08. The first-order valence-electron chi connectivity index (χ1n) is 7.74. The van der Waals surface area contributed by atoms with E-state index in [-0.39, 0.29) is 30.8 Å². The van der Waals surface area contributed by atoms with Crippen LogP contribution in [0.5, 0.6) is 0 Å². The largest absolute Gasteiger partial charge is 0.462 e. The van der Waals surface area contributed by atoms with Crippen LogP contribution in [0, 0.1) is 19.8 Å². The highest BCUT2D eigenvalue weighted by molar-refractivity contribution is 7.16. The number of ether oxygens (including phenoxy) is 1. The van der Waals surface area contributed by atoms with Gasteiger partial charge in [-0.2, -0.15) is 0 Å². The monoisotopic (exact) mass is 338 g/mol. The Morgan fingerprint density at radius 2 is 2.04 bits per heavy atom. The number of esters is 1. The Bertz CT molecular complexity index is 638. The Morgan fingerprint density at radius 3 is 2.61 bits per heavy atom. The number of rotatable bonds is 5. The summed E-state index contributed by atoms with van der Waals surface area (Å²) in [6.07, 6.45) is 0.220. The summed E-state index contributed by atoms with van der Waals surface area (Å²) in [4.78, 5) is 39.0. The number of carbonyl (C=O) groups is 3. The zero-order valence-electron chi connectivity index (χ0n) is 13.9. The van der Waals surface area contributed by atoms with Crippen LogP contribution in [0.15, 0.2) is 0 Å². The Hall–Kier alpha value is -1.89. The van der Waals surface area contributed by atoms with E-state index in [2.05, 4.69) is 5.32 Å². The Balaban J connectivity index is 2.17. The predicted octanol–water partition coefficient (Wildman–Crippen LogP) is 2.35. The normalized spacial score (nSPS) is 17.5. The van der Waals surface area contributed by atoms with Crippen LogP contribution in [-0.2, 0) is 14.3 Å². The van der Waals surface area contributed by atoms with E-state index in [1.165, 1.54) is 11.3 Å². The second kappa shape index (κ2) is 7.12. The predicted molar refractivity (Wildman–Crippen MR) is 88.7 cm³/mol. The van der Waals surface area contributed by atoms with Crippen LogP contribution in [0.4, 0.5) is 5.00 Å². The first-order valence-corrected chi connectivity index (χ1v) is 8.56. The third-order valence-corrected chi connectivity index (χ3v) is 5.19. The van der Waals surface area contributed by atoms with E-state index in [9.17, 15) is 14.4 Å². The summed E-state index contributed by atoms with van der Waals surface area (Å²) in [6.45, 7) is 8.69. The van der Waals surface area contributed by atoms with Crippen molar-refractivity contribution in [1.82, 2.24) is 4.90 Å². The molecule has 6 nitrogen and oxygen atoms in total. The number of hydrogen-bond donors (Lipinski definition) is 1. The average molecular weight is 338 g/mol. The molecule has 0 radical (unpaired) electrons. The fourth-order valence-corrected chi connectivity index (χ4v) is 3.68. The summed E-state index contributed by atoms with van der Waals surface area (Å²) in [7, 11) is 0. The van der Waals surface area contributed by atoms with E-state index < -0.39 is 5.97 Å². The van der Waals surface area contributed by atoms with Crippen LogP contribution in [0.25, 0.3) is 0 Å². The molecule has 1 aromatic rings. The molecule has 2 heterocycles. The molecule has 0 unspecified atom stereocenters. The van der Waals surface area contributed by atoms with Gasteiger partial charge in [0.25, 0.3) is 0 Å². The van der Waals surface area contributed by atoms with Gasteiger partial charge in [-0.3, -0.25) is 9.59 Å². The lowest BCUT2D eigenvalue weighted by molar-refractivity contribution is -0.128. The van der Waals surface area contributed by atoms with Crippen LogP contribution in [-0.4, -0.2) is 42.4 Å². The van der Waals surface area contributed by atoms with Gasteiger partial charge in [0.15, 0.2) is 0 Å². The number of nitrogens with one attached hydrogen (secondary N) is 1. The molecule has 1 aromatic heterocycles. The molecule has 0 aliphatic carbocycles. The van der Waals surface area contributed by atoms with Gasteiger partial charge in [0.05, 0.1) is 18.1 Å². The Labute approximate surface area is 139 Å². The number of aryl methyl sites for hydroxylation is 1. The van der Waals surface area contributed by atoms with Gasteiger partial charge in [-0.1, -0.05) is 0 Å². The SMILES string of the molecule is CCOC(=O)c1c(NC(=O)[C@@H]2CC(=O)N(CC)C2)sc(C)c1C. The minimum Gasteiger partial charge on any atom is -0.462 e. The van der Waals surface area contributed by atoms with E-state index in [4.69, 9.17) is 4.74 Å². The van der Waals surface area contributed by atoms with Crippen molar-refractivity contribution in [3.05, 3.63) is 16.0 Å². The van der Waals surface area contributed by atoms with Gasteiger partial charge in [-0.15, -0.1) is 11.3 Å². The number of likely N-dealkylation sites (tertiary alicyclic amines) is 1. The minimum atomic E-state index is -0.428. The molecule has 1 aliphatic heterocycles. The third kappa shape index (κ3) is 3.55. The Morgan fingerprint density at radius 1 is 1.35 bits per heavy atom. The standard InChI is InChI=1S/C16H22N2O4S/c1-5-18-8-11(7-12(18)19)14(20)17-15-13(16(21)22-6-2)9(3)10(4)23-15/h11H,5-8H2,1-4H3,(H,17,20)/t11-/m1/s1. The van der Waals surface area contributed by atoms with Gasteiger partial charge in [0.2, 0.25) is 11.8 Å². The Kier molecular flexibility index (Phi) is 5.41. The van der Waals surface area contributed by atoms with Crippen LogP contribution in [0.3, 0.4) is 0 Å². The lowest BCUT2D eigenvalue weighted by Crippen LogP contribution is -2.28.